The Morgan fingerprint density at radius 1 is 1.50 bits per heavy atom. The largest absolute Gasteiger partial charge is 0.477 e. The normalized spacial score (nSPS) is 18.3. The molecule has 1 aromatic rings. The molecule has 1 aromatic heterocycles. The van der Waals surface area contributed by atoms with Gasteiger partial charge in [-0.25, -0.2) is 14.8 Å². The van der Waals surface area contributed by atoms with Gasteiger partial charge in [0.05, 0.1) is 18.8 Å². The smallest absolute Gasteiger partial charge is 0.407 e. The summed E-state index contributed by atoms with van der Waals surface area (Å²) < 4.78 is 5.71. The van der Waals surface area contributed by atoms with Crippen LogP contribution in [0.2, 0.25) is 0 Å². The lowest BCUT2D eigenvalue weighted by atomic mass is 10.1. The summed E-state index contributed by atoms with van der Waals surface area (Å²) in [6, 6.07) is 0. The Bertz CT molecular complexity index is 474. The number of aromatic nitrogens is 2. The maximum atomic E-state index is 10.9. The SMILES string of the molecule is O=C(O)N1CCc2c(ncnc2OCC2CC2)C1. The number of hydrogen-bond acceptors (Lipinski definition) is 4. The van der Waals surface area contributed by atoms with E-state index in [9.17, 15) is 4.79 Å². The summed E-state index contributed by atoms with van der Waals surface area (Å²) in [5.41, 5.74) is 1.74. The van der Waals surface area contributed by atoms with Gasteiger partial charge < -0.3 is 14.7 Å². The Hall–Kier alpha value is -1.85. The number of carboxylic acid groups (broad SMARTS) is 1. The first kappa shape index (κ1) is 11.3. The second kappa shape index (κ2) is 4.44. The highest BCUT2D eigenvalue weighted by Gasteiger charge is 2.26. The molecule has 0 unspecified atom stereocenters. The zero-order valence-corrected chi connectivity index (χ0v) is 10.0. The van der Waals surface area contributed by atoms with E-state index < -0.39 is 6.09 Å². The Kier molecular flexibility index (Phi) is 2.77. The maximum Gasteiger partial charge on any atom is 0.407 e. The second-order valence-electron chi connectivity index (χ2n) is 4.81. The first-order valence-electron chi connectivity index (χ1n) is 6.17. The molecule has 18 heavy (non-hydrogen) atoms. The number of carbonyl (C=O) groups is 1. The molecule has 1 aliphatic heterocycles. The van der Waals surface area contributed by atoms with Crippen LogP contribution in [-0.2, 0) is 13.0 Å². The lowest BCUT2D eigenvalue weighted by Crippen LogP contribution is -2.35. The van der Waals surface area contributed by atoms with E-state index in [1.54, 1.807) is 0 Å². The van der Waals surface area contributed by atoms with Crippen LogP contribution in [0.15, 0.2) is 6.33 Å². The van der Waals surface area contributed by atoms with Gasteiger partial charge in [-0.1, -0.05) is 0 Å². The van der Waals surface area contributed by atoms with Crippen molar-refractivity contribution in [3.05, 3.63) is 17.6 Å². The van der Waals surface area contributed by atoms with Gasteiger partial charge in [-0.05, 0) is 25.2 Å². The van der Waals surface area contributed by atoms with Gasteiger partial charge in [-0.2, -0.15) is 0 Å². The fourth-order valence-electron chi connectivity index (χ4n) is 2.09. The molecule has 0 bridgehead atoms. The fraction of sp³-hybridized carbons (Fsp3) is 0.583. The Morgan fingerprint density at radius 3 is 3.06 bits per heavy atom. The van der Waals surface area contributed by atoms with Crippen LogP contribution in [0.5, 0.6) is 5.88 Å². The highest BCUT2D eigenvalue weighted by atomic mass is 16.5. The van der Waals surface area contributed by atoms with Crippen LogP contribution in [0.25, 0.3) is 0 Å². The number of rotatable bonds is 3. The third kappa shape index (κ3) is 2.23. The van der Waals surface area contributed by atoms with E-state index in [1.807, 2.05) is 0 Å². The lowest BCUT2D eigenvalue weighted by Gasteiger charge is -2.26. The average Bonchev–Trinajstić information content (AvgIpc) is 3.19. The van der Waals surface area contributed by atoms with Crippen molar-refractivity contribution in [1.82, 2.24) is 14.9 Å². The number of fused-ring (bicyclic) bond motifs is 1. The first-order valence-corrected chi connectivity index (χ1v) is 6.17. The van der Waals surface area contributed by atoms with Crippen molar-refractivity contribution in [2.45, 2.75) is 25.8 Å². The molecule has 1 aliphatic carbocycles. The van der Waals surface area contributed by atoms with Crippen molar-refractivity contribution in [3.8, 4) is 5.88 Å². The molecular weight excluding hydrogens is 234 g/mol. The molecule has 0 saturated heterocycles. The molecule has 1 amide bonds. The monoisotopic (exact) mass is 249 g/mol. The van der Waals surface area contributed by atoms with Crippen LogP contribution < -0.4 is 4.74 Å². The minimum atomic E-state index is -0.903. The van der Waals surface area contributed by atoms with E-state index in [2.05, 4.69) is 9.97 Å². The molecule has 6 nitrogen and oxygen atoms in total. The van der Waals surface area contributed by atoms with Gasteiger partial charge in [0.25, 0.3) is 0 Å². The number of nitrogens with zero attached hydrogens (tertiary/aromatic N) is 3. The summed E-state index contributed by atoms with van der Waals surface area (Å²) in [7, 11) is 0. The molecule has 96 valence electrons. The van der Waals surface area contributed by atoms with Crippen molar-refractivity contribution in [3.63, 3.8) is 0 Å². The van der Waals surface area contributed by atoms with Crippen LogP contribution in [-0.4, -0.2) is 39.2 Å². The summed E-state index contributed by atoms with van der Waals surface area (Å²) in [5.74, 6) is 1.31. The quantitative estimate of drug-likeness (QED) is 0.873. The summed E-state index contributed by atoms with van der Waals surface area (Å²) in [4.78, 5) is 20.6. The van der Waals surface area contributed by atoms with Crippen molar-refractivity contribution < 1.29 is 14.6 Å². The predicted molar refractivity (Wildman–Crippen MR) is 62.4 cm³/mol. The van der Waals surface area contributed by atoms with Crippen LogP contribution >= 0.6 is 0 Å². The Labute approximate surface area is 105 Å². The Morgan fingerprint density at radius 2 is 2.33 bits per heavy atom. The third-order valence-corrected chi connectivity index (χ3v) is 3.39. The molecule has 0 radical (unpaired) electrons. The van der Waals surface area contributed by atoms with Crippen molar-refractivity contribution in [1.29, 1.82) is 0 Å². The van der Waals surface area contributed by atoms with Crippen LogP contribution in [0, 0.1) is 5.92 Å². The Balaban J connectivity index is 1.76. The highest BCUT2D eigenvalue weighted by molar-refractivity contribution is 5.65. The zero-order valence-electron chi connectivity index (χ0n) is 10.0. The summed E-state index contributed by atoms with van der Waals surface area (Å²) in [6.07, 6.45) is 3.65. The average molecular weight is 249 g/mol. The lowest BCUT2D eigenvalue weighted by molar-refractivity contribution is 0.138. The molecule has 1 N–H and O–H groups in total. The predicted octanol–water partition coefficient (Wildman–Crippen LogP) is 1.30. The third-order valence-electron chi connectivity index (χ3n) is 3.39. The van der Waals surface area contributed by atoms with Gasteiger partial charge in [0.15, 0.2) is 0 Å². The molecule has 1 saturated carbocycles. The molecule has 6 heteroatoms. The zero-order chi connectivity index (χ0) is 12.5. The van der Waals surface area contributed by atoms with Crippen molar-refractivity contribution in [2.24, 2.45) is 5.92 Å². The topological polar surface area (TPSA) is 75.5 Å². The molecule has 2 aliphatic rings. The van der Waals surface area contributed by atoms with E-state index in [1.165, 1.54) is 24.1 Å². The fourth-order valence-corrected chi connectivity index (χ4v) is 2.09. The minimum Gasteiger partial charge on any atom is -0.477 e. The van der Waals surface area contributed by atoms with Gasteiger partial charge in [-0.3, -0.25) is 0 Å². The molecule has 2 heterocycles. The molecule has 0 spiro atoms. The van der Waals surface area contributed by atoms with E-state index in [0.717, 1.165) is 11.3 Å². The van der Waals surface area contributed by atoms with E-state index in [-0.39, 0.29) is 0 Å². The van der Waals surface area contributed by atoms with Gasteiger partial charge in [0, 0.05) is 12.1 Å². The highest BCUT2D eigenvalue weighted by Crippen LogP contribution is 2.31. The van der Waals surface area contributed by atoms with Crippen LogP contribution in [0.4, 0.5) is 4.79 Å². The number of ether oxygens (including phenoxy) is 1. The van der Waals surface area contributed by atoms with Crippen molar-refractivity contribution >= 4 is 6.09 Å². The number of hydrogen-bond donors (Lipinski definition) is 1. The van der Waals surface area contributed by atoms with E-state index in [4.69, 9.17) is 9.84 Å². The standard InChI is InChI=1S/C12H15N3O3/c16-12(17)15-4-3-9-10(5-15)13-7-14-11(9)18-6-8-1-2-8/h7-8H,1-6H2,(H,16,17). The first-order chi connectivity index (χ1) is 8.74. The molecule has 3 rings (SSSR count). The van der Waals surface area contributed by atoms with Crippen LogP contribution in [0.3, 0.4) is 0 Å². The van der Waals surface area contributed by atoms with Crippen molar-refractivity contribution in [2.75, 3.05) is 13.2 Å². The minimum absolute atomic E-state index is 0.326. The van der Waals surface area contributed by atoms with Crippen LogP contribution in [0.1, 0.15) is 24.1 Å². The molecule has 1 fully saturated rings. The summed E-state index contributed by atoms with van der Waals surface area (Å²) in [6.45, 7) is 1.52. The van der Waals surface area contributed by atoms with E-state index >= 15 is 0 Å². The van der Waals surface area contributed by atoms with E-state index in [0.29, 0.717) is 37.9 Å². The van der Waals surface area contributed by atoms with Gasteiger partial charge >= 0.3 is 6.09 Å². The van der Waals surface area contributed by atoms with Gasteiger partial charge in [-0.15, -0.1) is 0 Å². The molecule has 0 atom stereocenters. The molecule has 0 aromatic carbocycles. The summed E-state index contributed by atoms with van der Waals surface area (Å²) >= 11 is 0. The summed E-state index contributed by atoms with van der Waals surface area (Å²) in [5, 5.41) is 8.97. The van der Waals surface area contributed by atoms with Gasteiger partial charge in [0.1, 0.15) is 6.33 Å². The van der Waals surface area contributed by atoms with Gasteiger partial charge in [0.2, 0.25) is 5.88 Å². The molecular formula is C12H15N3O3. The second-order valence-corrected chi connectivity index (χ2v) is 4.81. The maximum absolute atomic E-state index is 10.9. The number of amides is 1.